The number of aromatic nitrogens is 4. The molecule has 0 atom stereocenters. The van der Waals surface area contributed by atoms with Gasteiger partial charge in [0, 0.05) is 37.5 Å². The van der Waals surface area contributed by atoms with Crippen molar-refractivity contribution in [3.63, 3.8) is 0 Å². The van der Waals surface area contributed by atoms with E-state index < -0.39 is 0 Å². The third-order valence-electron chi connectivity index (χ3n) is 5.10. The standard InChI is InChI=1S/C18H23N5O/c1-3-15(4-1)16-11-17(22-13-21-16)24-12-14-5-9-23(10-6-14)18-19-7-2-8-20-18/h2,7-8,11,13-15H,1,3-6,9-10,12H2. The lowest BCUT2D eigenvalue weighted by atomic mass is 9.83. The summed E-state index contributed by atoms with van der Waals surface area (Å²) in [6.07, 6.45) is 11.2. The summed E-state index contributed by atoms with van der Waals surface area (Å²) < 4.78 is 5.94. The molecule has 126 valence electrons. The van der Waals surface area contributed by atoms with Gasteiger partial charge in [-0.15, -0.1) is 0 Å². The lowest BCUT2D eigenvalue weighted by Crippen LogP contribution is -2.36. The van der Waals surface area contributed by atoms with Crippen LogP contribution in [0.15, 0.2) is 30.9 Å². The zero-order valence-electron chi connectivity index (χ0n) is 13.8. The molecule has 0 unspecified atom stereocenters. The molecule has 1 saturated heterocycles. The summed E-state index contributed by atoms with van der Waals surface area (Å²) in [6, 6.07) is 3.88. The largest absolute Gasteiger partial charge is 0.477 e. The number of hydrogen-bond donors (Lipinski definition) is 0. The van der Waals surface area contributed by atoms with Crippen LogP contribution in [0.5, 0.6) is 5.88 Å². The van der Waals surface area contributed by atoms with Gasteiger partial charge in [-0.2, -0.15) is 0 Å². The van der Waals surface area contributed by atoms with Gasteiger partial charge < -0.3 is 9.64 Å². The van der Waals surface area contributed by atoms with Gasteiger partial charge in [0.15, 0.2) is 0 Å². The van der Waals surface area contributed by atoms with Gasteiger partial charge in [0.2, 0.25) is 11.8 Å². The highest BCUT2D eigenvalue weighted by Gasteiger charge is 2.23. The van der Waals surface area contributed by atoms with E-state index in [0.29, 0.717) is 11.8 Å². The Hall–Kier alpha value is -2.24. The third-order valence-corrected chi connectivity index (χ3v) is 5.10. The first-order chi connectivity index (χ1) is 11.9. The maximum Gasteiger partial charge on any atom is 0.225 e. The Kier molecular flexibility index (Phi) is 4.53. The number of piperidine rings is 1. The Morgan fingerprint density at radius 2 is 1.79 bits per heavy atom. The molecule has 2 fully saturated rings. The van der Waals surface area contributed by atoms with Crippen LogP contribution in [-0.4, -0.2) is 39.6 Å². The monoisotopic (exact) mass is 325 g/mol. The minimum atomic E-state index is 0.562. The SMILES string of the molecule is c1cnc(N2CCC(COc3cc(C4CCC4)ncn3)CC2)nc1. The third kappa shape index (κ3) is 3.47. The summed E-state index contributed by atoms with van der Waals surface area (Å²) in [5.41, 5.74) is 1.14. The Morgan fingerprint density at radius 3 is 2.50 bits per heavy atom. The topological polar surface area (TPSA) is 64.0 Å². The highest BCUT2D eigenvalue weighted by atomic mass is 16.5. The van der Waals surface area contributed by atoms with Crippen molar-refractivity contribution in [2.75, 3.05) is 24.6 Å². The molecule has 24 heavy (non-hydrogen) atoms. The second-order valence-electron chi connectivity index (χ2n) is 6.70. The van der Waals surface area contributed by atoms with Crippen LogP contribution < -0.4 is 9.64 Å². The van der Waals surface area contributed by atoms with E-state index in [4.69, 9.17) is 4.74 Å². The smallest absolute Gasteiger partial charge is 0.225 e. The van der Waals surface area contributed by atoms with Crippen molar-refractivity contribution in [3.8, 4) is 5.88 Å². The molecule has 3 heterocycles. The van der Waals surface area contributed by atoms with Crippen molar-refractivity contribution < 1.29 is 4.74 Å². The second kappa shape index (κ2) is 7.11. The van der Waals surface area contributed by atoms with E-state index >= 15 is 0 Å². The van der Waals surface area contributed by atoms with Crippen LogP contribution in [0.1, 0.15) is 43.7 Å². The van der Waals surface area contributed by atoms with Gasteiger partial charge in [-0.1, -0.05) is 6.42 Å². The van der Waals surface area contributed by atoms with E-state index in [2.05, 4.69) is 24.8 Å². The first-order valence-electron chi connectivity index (χ1n) is 8.85. The van der Waals surface area contributed by atoms with Crippen LogP contribution in [0.4, 0.5) is 5.95 Å². The summed E-state index contributed by atoms with van der Waals surface area (Å²) in [4.78, 5) is 19.6. The number of hydrogen-bond acceptors (Lipinski definition) is 6. The predicted molar refractivity (Wildman–Crippen MR) is 91.1 cm³/mol. The number of nitrogens with zero attached hydrogens (tertiary/aromatic N) is 5. The van der Waals surface area contributed by atoms with Crippen LogP contribution in [0.3, 0.4) is 0 Å². The van der Waals surface area contributed by atoms with Crippen LogP contribution in [0, 0.1) is 5.92 Å². The molecule has 0 amide bonds. The molecule has 0 radical (unpaired) electrons. The zero-order valence-corrected chi connectivity index (χ0v) is 13.8. The molecule has 2 aliphatic rings. The molecule has 0 bridgehead atoms. The van der Waals surface area contributed by atoms with Crippen molar-refractivity contribution >= 4 is 5.95 Å². The van der Waals surface area contributed by atoms with Crippen molar-refractivity contribution in [2.24, 2.45) is 5.92 Å². The molecule has 2 aromatic heterocycles. The average Bonchev–Trinajstić information content (AvgIpc) is 2.60. The molecule has 1 aliphatic carbocycles. The van der Waals surface area contributed by atoms with Crippen LogP contribution in [0.25, 0.3) is 0 Å². The highest BCUT2D eigenvalue weighted by molar-refractivity contribution is 5.28. The van der Waals surface area contributed by atoms with Crippen molar-refractivity contribution in [2.45, 2.75) is 38.0 Å². The summed E-state index contributed by atoms with van der Waals surface area (Å²) >= 11 is 0. The van der Waals surface area contributed by atoms with E-state index in [1.54, 1.807) is 18.7 Å². The summed E-state index contributed by atoms with van der Waals surface area (Å²) in [7, 11) is 0. The first kappa shape index (κ1) is 15.3. The Morgan fingerprint density at radius 1 is 1.00 bits per heavy atom. The molecule has 0 N–H and O–H groups in total. The minimum absolute atomic E-state index is 0.562. The van der Waals surface area contributed by atoms with Gasteiger partial charge in [0.1, 0.15) is 6.33 Å². The van der Waals surface area contributed by atoms with E-state index in [0.717, 1.165) is 50.1 Å². The molecule has 4 rings (SSSR count). The predicted octanol–water partition coefficient (Wildman–Crippen LogP) is 2.83. The molecular weight excluding hydrogens is 302 g/mol. The van der Waals surface area contributed by atoms with E-state index in [9.17, 15) is 0 Å². The summed E-state index contributed by atoms with van der Waals surface area (Å²) in [6.45, 7) is 2.69. The zero-order chi connectivity index (χ0) is 16.2. The van der Waals surface area contributed by atoms with Gasteiger partial charge in [-0.05, 0) is 37.7 Å². The lowest BCUT2D eigenvalue weighted by molar-refractivity contribution is 0.214. The van der Waals surface area contributed by atoms with Crippen molar-refractivity contribution in [1.29, 1.82) is 0 Å². The molecule has 2 aromatic rings. The summed E-state index contributed by atoms with van der Waals surface area (Å²) in [5.74, 6) is 2.73. The van der Waals surface area contributed by atoms with Gasteiger partial charge in [-0.25, -0.2) is 19.9 Å². The van der Waals surface area contributed by atoms with Gasteiger partial charge in [0.05, 0.1) is 12.3 Å². The molecule has 6 heteroatoms. The summed E-state index contributed by atoms with van der Waals surface area (Å²) in [5, 5.41) is 0. The van der Waals surface area contributed by atoms with Crippen LogP contribution in [0.2, 0.25) is 0 Å². The van der Waals surface area contributed by atoms with Crippen LogP contribution >= 0.6 is 0 Å². The fourth-order valence-corrected chi connectivity index (χ4v) is 3.32. The molecule has 1 aliphatic heterocycles. The Bertz CT molecular complexity index is 653. The fraction of sp³-hybridized carbons (Fsp3) is 0.556. The highest BCUT2D eigenvalue weighted by Crippen LogP contribution is 2.35. The lowest BCUT2D eigenvalue weighted by Gasteiger charge is -2.31. The van der Waals surface area contributed by atoms with E-state index in [1.165, 1.54) is 19.3 Å². The van der Waals surface area contributed by atoms with Crippen molar-refractivity contribution in [3.05, 3.63) is 36.5 Å². The average molecular weight is 325 g/mol. The maximum absolute atomic E-state index is 5.94. The molecule has 0 aromatic carbocycles. The normalized spacial score (nSPS) is 19.1. The first-order valence-corrected chi connectivity index (χ1v) is 8.85. The Balaban J connectivity index is 1.27. The Labute approximate surface area is 142 Å². The number of anilines is 1. The molecule has 1 saturated carbocycles. The van der Waals surface area contributed by atoms with E-state index in [1.807, 2.05) is 12.1 Å². The van der Waals surface area contributed by atoms with Gasteiger partial charge in [-0.3, -0.25) is 0 Å². The van der Waals surface area contributed by atoms with E-state index in [-0.39, 0.29) is 0 Å². The van der Waals surface area contributed by atoms with Crippen LogP contribution in [-0.2, 0) is 0 Å². The number of ether oxygens (including phenoxy) is 1. The second-order valence-corrected chi connectivity index (χ2v) is 6.70. The molecular formula is C18H23N5O. The van der Waals surface area contributed by atoms with Crippen molar-refractivity contribution in [1.82, 2.24) is 19.9 Å². The van der Waals surface area contributed by atoms with Gasteiger partial charge >= 0.3 is 0 Å². The fourth-order valence-electron chi connectivity index (χ4n) is 3.32. The molecule has 6 nitrogen and oxygen atoms in total. The quantitative estimate of drug-likeness (QED) is 0.842. The maximum atomic E-state index is 5.94. The number of rotatable bonds is 5. The van der Waals surface area contributed by atoms with Gasteiger partial charge in [0.25, 0.3) is 0 Å². The minimum Gasteiger partial charge on any atom is -0.477 e. The molecule has 0 spiro atoms.